The van der Waals surface area contributed by atoms with Gasteiger partial charge in [-0.1, -0.05) is 13.8 Å². The number of rotatable bonds is 7. The number of hydrogen-bond donors (Lipinski definition) is 2. The fraction of sp³-hybridized carbons (Fsp3) is 0.273. The van der Waals surface area contributed by atoms with Gasteiger partial charge < -0.3 is 14.6 Å². The van der Waals surface area contributed by atoms with Crippen LogP contribution in [0.5, 0.6) is 5.75 Å². The molecule has 0 aliphatic heterocycles. The van der Waals surface area contributed by atoms with E-state index in [0.29, 0.717) is 17.2 Å². The molecule has 1 amide bonds. The van der Waals surface area contributed by atoms with Crippen molar-refractivity contribution < 1.29 is 18.3 Å². The van der Waals surface area contributed by atoms with Gasteiger partial charge in [0.1, 0.15) is 17.6 Å². The minimum atomic E-state index is -0.991. The van der Waals surface area contributed by atoms with E-state index in [2.05, 4.69) is 25.5 Å². The van der Waals surface area contributed by atoms with Crippen LogP contribution in [0.4, 0.5) is 8.78 Å². The number of aromatic nitrogens is 5. The molecule has 166 valence electrons. The van der Waals surface area contributed by atoms with Crippen LogP contribution in [-0.2, 0) is 11.3 Å². The molecule has 0 aliphatic carbocycles. The third-order valence-corrected chi connectivity index (χ3v) is 5.13. The van der Waals surface area contributed by atoms with Crippen LogP contribution in [0.25, 0.3) is 22.4 Å². The van der Waals surface area contributed by atoms with E-state index in [0.717, 1.165) is 23.4 Å². The van der Waals surface area contributed by atoms with Crippen LogP contribution in [0.3, 0.4) is 0 Å². The van der Waals surface area contributed by atoms with E-state index in [-0.39, 0.29) is 23.9 Å². The summed E-state index contributed by atoms with van der Waals surface area (Å²) in [4.78, 5) is 21.5. The number of nitrogens with zero attached hydrogens (tertiary/aromatic N) is 4. The Kier molecular flexibility index (Phi) is 5.85. The smallest absolute Gasteiger partial charge is 0.243 e. The Labute approximate surface area is 182 Å². The number of carbonyl (C=O) groups excluding carboxylic acids is 1. The maximum atomic E-state index is 13.8. The molecule has 2 heterocycles. The van der Waals surface area contributed by atoms with Crippen LogP contribution < -0.4 is 10.1 Å². The van der Waals surface area contributed by atoms with E-state index >= 15 is 0 Å². The van der Waals surface area contributed by atoms with Gasteiger partial charge in [0.15, 0.2) is 17.5 Å². The van der Waals surface area contributed by atoms with Gasteiger partial charge in [0.2, 0.25) is 5.91 Å². The Morgan fingerprint density at radius 3 is 2.59 bits per heavy atom. The zero-order valence-corrected chi connectivity index (χ0v) is 17.8. The number of carbonyl (C=O) groups is 1. The molecule has 10 heteroatoms. The van der Waals surface area contributed by atoms with E-state index in [1.54, 1.807) is 11.7 Å². The summed E-state index contributed by atoms with van der Waals surface area (Å²) in [5.41, 5.74) is 1.43. The van der Waals surface area contributed by atoms with E-state index in [1.807, 2.05) is 38.1 Å². The molecule has 1 atom stereocenters. The van der Waals surface area contributed by atoms with Crippen molar-refractivity contribution in [2.24, 2.45) is 5.92 Å². The molecular weight excluding hydrogens is 418 g/mol. The number of hydrogen-bond acceptors (Lipinski definition) is 5. The molecule has 0 saturated heterocycles. The molecule has 4 rings (SSSR count). The lowest BCUT2D eigenvalue weighted by atomic mass is 10.0. The van der Waals surface area contributed by atoms with E-state index in [4.69, 9.17) is 4.74 Å². The molecule has 4 aromatic rings. The molecule has 8 nitrogen and oxygen atoms in total. The summed E-state index contributed by atoms with van der Waals surface area (Å²) in [5.74, 6) is -0.700. The monoisotopic (exact) mass is 440 g/mol. The average Bonchev–Trinajstić information content (AvgIpc) is 3.40. The highest BCUT2D eigenvalue weighted by atomic mass is 19.2. The molecule has 32 heavy (non-hydrogen) atoms. The van der Waals surface area contributed by atoms with Gasteiger partial charge in [0, 0.05) is 17.7 Å². The van der Waals surface area contributed by atoms with Gasteiger partial charge in [-0.2, -0.15) is 5.10 Å². The topological polar surface area (TPSA) is 97.7 Å². The van der Waals surface area contributed by atoms with Gasteiger partial charge in [-0.05, 0) is 30.2 Å². The second-order valence-corrected chi connectivity index (χ2v) is 7.65. The first-order valence-electron chi connectivity index (χ1n) is 10.0. The number of imidazole rings is 1. The molecule has 0 saturated carbocycles. The summed E-state index contributed by atoms with van der Waals surface area (Å²) in [6.45, 7) is 3.86. The molecule has 0 spiro atoms. The number of methoxy groups -OCH3 is 1. The first-order chi connectivity index (χ1) is 15.4. The van der Waals surface area contributed by atoms with Gasteiger partial charge in [0.25, 0.3) is 0 Å². The molecular formula is C22H22F2N6O2. The van der Waals surface area contributed by atoms with Crippen molar-refractivity contribution >= 4 is 16.9 Å². The lowest BCUT2D eigenvalue weighted by Gasteiger charge is -2.22. The fourth-order valence-corrected chi connectivity index (χ4v) is 3.51. The van der Waals surface area contributed by atoms with Crippen molar-refractivity contribution in [2.75, 3.05) is 7.11 Å². The highest BCUT2D eigenvalue weighted by Crippen LogP contribution is 2.26. The molecule has 0 bridgehead atoms. The SMILES string of the molecule is COc1ccc(-c2n[nH]c(CNC(=O)C(C(C)C)n3cnc4cc(F)c(F)cc43)n2)cc1. The summed E-state index contributed by atoms with van der Waals surface area (Å²) in [5, 5.41) is 9.84. The van der Waals surface area contributed by atoms with Crippen molar-refractivity contribution in [1.82, 2.24) is 30.0 Å². The van der Waals surface area contributed by atoms with Crippen LogP contribution in [0.2, 0.25) is 0 Å². The van der Waals surface area contributed by atoms with Crippen molar-refractivity contribution in [3.63, 3.8) is 0 Å². The van der Waals surface area contributed by atoms with Gasteiger partial charge in [-0.25, -0.2) is 18.7 Å². The van der Waals surface area contributed by atoms with Crippen molar-refractivity contribution in [2.45, 2.75) is 26.4 Å². The maximum Gasteiger partial charge on any atom is 0.243 e. The first-order valence-corrected chi connectivity index (χ1v) is 10.0. The normalized spacial score (nSPS) is 12.3. The summed E-state index contributed by atoms with van der Waals surface area (Å²) in [7, 11) is 1.59. The number of halogens is 2. The predicted octanol–water partition coefficient (Wildman–Crippen LogP) is 3.62. The second-order valence-electron chi connectivity index (χ2n) is 7.65. The van der Waals surface area contributed by atoms with Gasteiger partial charge >= 0.3 is 0 Å². The number of aromatic amines is 1. The quantitative estimate of drug-likeness (QED) is 0.457. The molecule has 0 aliphatic rings. The summed E-state index contributed by atoms with van der Waals surface area (Å²) < 4.78 is 34.0. The van der Waals surface area contributed by atoms with Crippen LogP contribution in [0, 0.1) is 17.6 Å². The van der Waals surface area contributed by atoms with Gasteiger partial charge in [-0.15, -0.1) is 0 Å². The second kappa shape index (κ2) is 8.74. The lowest BCUT2D eigenvalue weighted by Crippen LogP contribution is -2.35. The van der Waals surface area contributed by atoms with Crippen molar-refractivity contribution in [3.8, 4) is 17.1 Å². The van der Waals surface area contributed by atoms with E-state index in [9.17, 15) is 13.6 Å². The third-order valence-electron chi connectivity index (χ3n) is 5.13. The molecule has 2 aromatic carbocycles. The number of H-pyrrole nitrogens is 1. The molecule has 0 radical (unpaired) electrons. The zero-order chi connectivity index (χ0) is 22.8. The van der Waals surface area contributed by atoms with Crippen LogP contribution in [-0.4, -0.2) is 37.7 Å². The fourth-order valence-electron chi connectivity index (χ4n) is 3.51. The number of ether oxygens (including phenoxy) is 1. The Morgan fingerprint density at radius 2 is 1.91 bits per heavy atom. The summed E-state index contributed by atoms with van der Waals surface area (Å²) in [6, 6.07) is 8.70. The Bertz CT molecular complexity index is 1250. The van der Waals surface area contributed by atoms with E-state index in [1.165, 1.54) is 6.33 Å². The molecule has 2 N–H and O–H groups in total. The maximum absolute atomic E-state index is 13.8. The molecule has 1 unspecified atom stereocenters. The molecule has 2 aromatic heterocycles. The largest absolute Gasteiger partial charge is 0.497 e. The Morgan fingerprint density at radius 1 is 1.19 bits per heavy atom. The highest BCUT2D eigenvalue weighted by molar-refractivity contribution is 5.84. The standard InChI is InChI=1S/C22H22F2N6O2/c1-12(2)20(30-11-26-17-8-15(23)16(24)9-18(17)30)22(31)25-10-19-27-21(29-28-19)13-4-6-14(32-3)7-5-13/h4-9,11-12,20H,10H2,1-3H3,(H,25,31)(H,27,28,29). The predicted molar refractivity (Wildman–Crippen MR) is 114 cm³/mol. The average molecular weight is 440 g/mol. The van der Waals surface area contributed by atoms with Crippen LogP contribution in [0.1, 0.15) is 25.7 Å². The third kappa shape index (κ3) is 4.16. The Hall–Kier alpha value is -3.82. The minimum absolute atomic E-state index is 0.126. The number of amides is 1. The summed E-state index contributed by atoms with van der Waals surface area (Å²) >= 11 is 0. The number of benzene rings is 2. The van der Waals surface area contributed by atoms with Gasteiger partial charge in [0.05, 0.1) is 31.0 Å². The highest BCUT2D eigenvalue weighted by Gasteiger charge is 2.26. The van der Waals surface area contributed by atoms with Crippen LogP contribution >= 0.6 is 0 Å². The lowest BCUT2D eigenvalue weighted by molar-refractivity contribution is -0.125. The van der Waals surface area contributed by atoms with Gasteiger partial charge in [-0.3, -0.25) is 9.89 Å². The van der Waals surface area contributed by atoms with E-state index < -0.39 is 17.7 Å². The Balaban J connectivity index is 1.50. The van der Waals surface area contributed by atoms with Crippen molar-refractivity contribution in [1.29, 1.82) is 0 Å². The van der Waals surface area contributed by atoms with Crippen LogP contribution in [0.15, 0.2) is 42.7 Å². The summed E-state index contributed by atoms with van der Waals surface area (Å²) in [6.07, 6.45) is 1.42. The number of nitrogens with one attached hydrogen (secondary N) is 2. The number of fused-ring (bicyclic) bond motifs is 1. The minimum Gasteiger partial charge on any atom is -0.497 e. The van der Waals surface area contributed by atoms with Crippen molar-refractivity contribution in [3.05, 3.63) is 60.2 Å². The first kappa shape index (κ1) is 21.4. The zero-order valence-electron chi connectivity index (χ0n) is 17.8. The molecule has 0 fully saturated rings.